The van der Waals surface area contributed by atoms with Crippen LogP contribution in [0.3, 0.4) is 0 Å². The molecule has 0 radical (unpaired) electrons. The van der Waals surface area contributed by atoms with Gasteiger partial charge < -0.3 is 15.4 Å². The average Bonchev–Trinajstić information content (AvgIpc) is 2.62. The number of methoxy groups -OCH3 is 1. The predicted molar refractivity (Wildman–Crippen MR) is 108 cm³/mol. The minimum absolute atomic E-state index is 0.0342. The first kappa shape index (κ1) is 18.4. The van der Waals surface area contributed by atoms with E-state index in [2.05, 4.69) is 20.6 Å². The number of nitrogens with one attached hydrogen (secondary N) is 2. The molecule has 0 saturated heterocycles. The van der Waals surface area contributed by atoms with Crippen molar-refractivity contribution in [2.24, 2.45) is 0 Å². The van der Waals surface area contributed by atoms with Gasteiger partial charge in [0.25, 0.3) is 0 Å². The van der Waals surface area contributed by atoms with Gasteiger partial charge >= 0.3 is 0 Å². The maximum Gasteiger partial charge on any atom is 0.229 e. The molecule has 3 rings (SSSR count). The second-order valence-corrected chi connectivity index (χ2v) is 6.31. The van der Waals surface area contributed by atoms with Gasteiger partial charge in [-0.25, -0.2) is 4.98 Å². The fourth-order valence-corrected chi connectivity index (χ4v) is 2.66. The third-order valence-electron chi connectivity index (χ3n) is 4.02. The van der Waals surface area contributed by atoms with Crippen molar-refractivity contribution in [2.75, 3.05) is 17.7 Å². The number of Topliss-reactive ketones (excluding diaryl/α,β-unsaturated/α-hetero) is 1. The summed E-state index contributed by atoms with van der Waals surface area (Å²) >= 11 is 0. The number of nitrogens with zero attached hydrogens (tertiary/aromatic N) is 2. The number of carbonyl (C=O) groups is 1. The summed E-state index contributed by atoms with van der Waals surface area (Å²) in [6.45, 7) is 5.47. The SMILES string of the molecule is COc1ccc(C)cc1Nc1cc(C)nc(Nc2ccc(C(C)=O)cc2)n1. The minimum Gasteiger partial charge on any atom is -0.495 e. The fourth-order valence-electron chi connectivity index (χ4n) is 2.66. The summed E-state index contributed by atoms with van der Waals surface area (Å²) in [5.41, 5.74) is 4.26. The van der Waals surface area contributed by atoms with E-state index >= 15 is 0 Å². The van der Waals surface area contributed by atoms with Gasteiger partial charge in [-0.3, -0.25) is 4.79 Å². The lowest BCUT2D eigenvalue weighted by molar-refractivity contribution is 0.101. The molecular formula is C21H22N4O2. The number of hydrogen-bond acceptors (Lipinski definition) is 6. The Morgan fingerprint density at radius 1 is 0.963 bits per heavy atom. The zero-order chi connectivity index (χ0) is 19.4. The third-order valence-corrected chi connectivity index (χ3v) is 4.02. The molecule has 1 heterocycles. The second-order valence-electron chi connectivity index (χ2n) is 6.31. The molecule has 0 fully saturated rings. The van der Waals surface area contributed by atoms with Gasteiger partial charge in [0.1, 0.15) is 11.6 Å². The topological polar surface area (TPSA) is 76.1 Å². The Morgan fingerprint density at radius 3 is 2.37 bits per heavy atom. The van der Waals surface area contributed by atoms with Gasteiger partial charge in [0.05, 0.1) is 12.8 Å². The number of anilines is 4. The molecule has 6 heteroatoms. The molecule has 1 aromatic heterocycles. The van der Waals surface area contributed by atoms with Crippen molar-refractivity contribution in [3.63, 3.8) is 0 Å². The van der Waals surface area contributed by atoms with Crippen LogP contribution in [0.2, 0.25) is 0 Å². The van der Waals surface area contributed by atoms with Gasteiger partial charge in [-0.05, 0) is 62.7 Å². The van der Waals surface area contributed by atoms with E-state index in [0.717, 1.165) is 28.4 Å². The molecule has 0 aliphatic heterocycles. The van der Waals surface area contributed by atoms with Crippen molar-refractivity contribution in [3.8, 4) is 5.75 Å². The van der Waals surface area contributed by atoms with Crippen LogP contribution in [0.15, 0.2) is 48.5 Å². The highest BCUT2D eigenvalue weighted by atomic mass is 16.5. The average molecular weight is 362 g/mol. The van der Waals surface area contributed by atoms with Crippen molar-refractivity contribution < 1.29 is 9.53 Å². The second kappa shape index (κ2) is 7.86. The van der Waals surface area contributed by atoms with E-state index in [0.29, 0.717) is 17.3 Å². The maximum absolute atomic E-state index is 11.4. The fraction of sp³-hybridized carbons (Fsp3) is 0.190. The number of rotatable bonds is 6. The van der Waals surface area contributed by atoms with Gasteiger partial charge in [0, 0.05) is 23.0 Å². The Morgan fingerprint density at radius 2 is 1.70 bits per heavy atom. The molecule has 3 aromatic rings. The van der Waals surface area contributed by atoms with Gasteiger partial charge in [-0.15, -0.1) is 0 Å². The van der Waals surface area contributed by atoms with Crippen molar-refractivity contribution >= 4 is 28.9 Å². The summed E-state index contributed by atoms with van der Waals surface area (Å²) in [4.78, 5) is 20.3. The van der Waals surface area contributed by atoms with Crippen molar-refractivity contribution in [3.05, 3.63) is 65.4 Å². The Hall–Kier alpha value is -3.41. The van der Waals surface area contributed by atoms with Gasteiger partial charge in [-0.2, -0.15) is 4.98 Å². The van der Waals surface area contributed by atoms with Crippen LogP contribution in [0.1, 0.15) is 28.5 Å². The van der Waals surface area contributed by atoms with Gasteiger partial charge in [0.2, 0.25) is 5.95 Å². The summed E-state index contributed by atoms with van der Waals surface area (Å²) in [6, 6.07) is 15.0. The van der Waals surface area contributed by atoms with E-state index in [9.17, 15) is 4.79 Å². The minimum atomic E-state index is 0.0342. The van der Waals surface area contributed by atoms with Crippen LogP contribution >= 0.6 is 0 Å². The van der Waals surface area contributed by atoms with Crippen LogP contribution in [0.4, 0.5) is 23.1 Å². The molecule has 0 amide bonds. The van der Waals surface area contributed by atoms with Crippen LogP contribution in [0.5, 0.6) is 5.75 Å². The van der Waals surface area contributed by atoms with E-state index < -0.39 is 0 Å². The van der Waals surface area contributed by atoms with Crippen LogP contribution < -0.4 is 15.4 Å². The molecule has 0 spiro atoms. The number of hydrogen-bond donors (Lipinski definition) is 2. The smallest absolute Gasteiger partial charge is 0.229 e. The Labute approximate surface area is 158 Å². The molecule has 2 N–H and O–H groups in total. The number of carbonyl (C=O) groups excluding carboxylic acids is 1. The Balaban J connectivity index is 1.84. The van der Waals surface area contributed by atoms with E-state index in [4.69, 9.17) is 4.74 Å². The molecule has 0 bridgehead atoms. The highest BCUT2D eigenvalue weighted by Crippen LogP contribution is 2.28. The highest BCUT2D eigenvalue weighted by Gasteiger charge is 2.08. The molecule has 138 valence electrons. The molecule has 27 heavy (non-hydrogen) atoms. The van der Waals surface area contributed by atoms with E-state index in [-0.39, 0.29) is 5.78 Å². The van der Waals surface area contributed by atoms with Crippen LogP contribution in [-0.4, -0.2) is 22.9 Å². The lowest BCUT2D eigenvalue weighted by Crippen LogP contribution is -2.03. The molecule has 0 aliphatic carbocycles. The number of ketones is 1. The predicted octanol–water partition coefficient (Wildman–Crippen LogP) is 4.79. The van der Waals surface area contributed by atoms with E-state index in [1.807, 2.05) is 50.2 Å². The summed E-state index contributed by atoms with van der Waals surface area (Å²) in [7, 11) is 1.64. The van der Waals surface area contributed by atoms with Crippen molar-refractivity contribution in [1.29, 1.82) is 0 Å². The summed E-state index contributed by atoms with van der Waals surface area (Å²) < 4.78 is 5.41. The third kappa shape index (κ3) is 4.61. The number of aromatic nitrogens is 2. The van der Waals surface area contributed by atoms with Crippen LogP contribution in [-0.2, 0) is 0 Å². The first-order chi connectivity index (χ1) is 12.9. The van der Waals surface area contributed by atoms with E-state index in [1.54, 1.807) is 26.2 Å². The summed E-state index contributed by atoms with van der Waals surface area (Å²) in [6.07, 6.45) is 0. The highest BCUT2D eigenvalue weighted by molar-refractivity contribution is 5.94. The number of aryl methyl sites for hydroxylation is 2. The molecule has 2 aromatic carbocycles. The summed E-state index contributed by atoms with van der Waals surface area (Å²) in [5, 5.41) is 6.47. The number of benzene rings is 2. The normalized spacial score (nSPS) is 10.4. The standard InChI is InChI=1S/C21H22N4O2/c1-13-5-10-19(27-4)18(11-13)24-20-12-14(2)22-21(25-20)23-17-8-6-16(7-9-17)15(3)26/h5-12H,1-4H3,(H2,22,23,24,25). The maximum atomic E-state index is 11.4. The van der Waals surface area contributed by atoms with Gasteiger partial charge in [0.15, 0.2) is 5.78 Å². The molecular weight excluding hydrogens is 340 g/mol. The quantitative estimate of drug-likeness (QED) is 0.614. The molecule has 6 nitrogen and oxygen atoms in total. The lowest BCUT2D eigenvalue weighted by atomic mass is 10.1. The Kier molecular flexibility index (Phi) is 5.35. The summed E-state index contributed by atoms with van der Waals surface area (Å²) in [5.74, 6) is 1.91. The first-order valence-corrected chi connectivity index (χ1v) is 8.60. The first-order valence-electron chi connectivity index (χ1n) is 8.60. The lowest BCUT2D eigenvalue weighted by Gasteiger charge is -2.13. The molecule has 0 aliphatic rings. The zero-order valence-corrected chi connectivity index (χ0v) is 15.8. The number of ether oxygens (including phenoxy) is 1. The van der Waals surface area contributed by atoms with E-state index in [1.165, 1.54) is 0 Å². The molecule has 0 saturated carbocycles. The van der Waals surface area contributed by atoms with Crippen LogP contribution in [0.25, 0.3) is 0 Å². The largest absolute Gasteiger partial charge is 0.495 e. The molecule has 0 unspecified atom stereocenters. The molecule has 0 atom stereocenters. The van der Waals surface area contributed by atoms with Crippen molar-refractivity contribution in [2.45, 2.75) is 20.8 Å². The van der Waals surface area contributed by atoms with Gasteiger partial charge in [-0.1, -0.05) is 6.07 Å². The Bertz CT molecular complexity index is 968. The van der Waals surface area contributed by atoms with Crippen LogP contribution in [0, 0.1) is 13.8 Å². The monoisotopic (exact) mass is 362 g/mol. The zero-order valence-electron chi connectivity index (χ0n) is 15.8. The van der Waals surface area contributed by atoms with Crippen molar-refractivity contribution in [1.82, 2.24) is 9.97 Å².